The van der Waals surface area contributed by atoms with Crippen LogP contribution in [0.1, 0.15) is 36.6 Å². The Kier molecular flexibility index (Phi) is 20.8. The number of benzene rings is 6. The van der Waals surface area contributed by atoms with Gasteiger partial charge in [0.1, 0.15) is 54.1 Å². The van der Waals surface area contributed by atoms with Crippen LogP contribution in [0.4, 0.5) is 28.7 Å². The number of aliphatic hydroxyl groups is 1. The second-order valence-electron chi connectivity index (χ2n) is 15.4. The molecular formula is C48H51N8NaO15S4. The fourth-order valence-corrected chi connectivity index (χ4v) is 11.0. The second-order valence-corrected chi connectivity index (χ2v) is 22.2. The molecule has 1 heterocycles. The first-order chi connectivity index (χ1) is 35.3. The van der Waals surface area contributed by atoms with E-state index in [1.165, 1.54) is 60.7 Å². The average Bonchev–Trinajstić information content (AvgIpc) is 3.39. The van der Waals surface area contributed by atoms with Crippen LogP contribution in [0.5, 0.6) is 11.5 Å². The summed E-state index contributed by atoms with van der Waals surface area (Å²) in [5.74, 6) is 1.50. The number of rotatable bonds is 23. The van der Waals surface area contributed by atoms with Gasteiger partial charge in [0.2, 0.25) is 5.95 Å². The molecule has 7 aromatic rings. The molecule has 0 saturated heterocycles. The van der Waals surface area contributed by atoms with Gasteiger partial charge in [-0.15, -0.1) is 10.2 Å². The van der Waals surface area contributed by atoms with Crippen molar-refractivity contribution in [3.63, 3.8) is 0 Å². The van der Waals surface area contributed by atoms with Crippen molar-refractivity contribution in [1.82, 2.24) is 15.0 Å². The van der Waals surface area contributed by atoms with E-state index in [1.807, 2.05) is 0 Å². The number of nitrogens with zero attached hydrogens (tertiary/aromatic N) is 7. The van der Waals surface area contributed by atoms with E-state index in [9.17, 15) is 38.8 Å². The molecule has 0 aliphatic carbocycles. The van der Waals surface area contributed by atoms with E-state index >= 15 is 0 Å². The van der Waals surface area contributed by atoms with Crippen LogP contribution in [-0.2, 0) is 70.0 Å². The zero-order valence-electron chi connectivity index (χ0n) is 42.4. The zero-order valence-corrected chi connectivity index (χ0v) is 47.7. The number of ether oxygens (including phenoxy) is 2. The normalized spacial score (nSPS) is 12.2. The molecule has 398 valence electrons. The Balaban J connectivity index is 0.00000533. The van der Waals surface area contributed by atoms with Gasteiger partial charge in [0.15, 0.2) is 0 Å². The van der Waals surface area contributed by atoms with Crippen LogP contribution in [-0.4, -0.2) is 109 Å². The molecule has 0 fully saturated rings. The second kappa shape index (κ2) is 25.9. The van der Waals surface area contributed by atoms with Crippen molar-refractivity contribution in [1.29, 1.82) is 0 Å². The first-order valence-corrected chi connectivity index (χ1v) is 27.7. The minimum absolute atomic E-state index is 0. The standard InChI is InChI=1S/C47H48N8O15S4.CH3.Na/c1-7-69-39-21-29(15-17-37(39)54-52-31-25-35-33(43(27-31)73(61,62)67-5)11-9-13-41(35)71(57,58)65-3)23-45-49-46(51-47(50-45)48-19-20-56)24-30-16-18-38(40(22-30)70-8-2)55-53-32-26-36-34(44(28-32)74(63,64)68-6)12-10-14-42(36)72(59,60)66-4;;/h9-18,21-22,25-28,56H,7-8,19-20,23-24H2,1-6H3,(H,48,49,50,51);1H3;/q;-1;+1. The van der Waals surface area contributed by atoms with E-state index < -0.39 is 40.5 Å². The molecule has 0 unspecified atom stereocenters. The van der Waals surface area contributed by atoms with E-state index in [-0.39, 0.29) is 146 Å². The molecule has 0 amide bonds. The van der Waals surface area contributed by atoms with Crippen LogP contribution in [0.15, 0.2) is 137 Å². The van der Waals surface area contributed by atoms with E-state index in [4.69, 9.17) is 31.2 Å². The molecule has 0 atom stereocenters. The third kappa shape index (κ3) is 14.0. The number of nitrogens with one attached hydrogen (secondary N) is 1. The van der Waals surface area contributed by atoms with Crippen LogP contribution in [0.3, 0.4) is 0 Å². The summed E-state index contributed by atoms with van der Waals surface area (Å²) in [6, 6.07) is 23.5. The van der Waals surface area contributed by atoms with Crippen LogP contribution in [0.2, 0.25) is 0 Å². The molecule has 0 spiro atoms. The maximum atomic E-state index is 13.0. The third-order valence-electron chi connectivity index (χ3n) is 10.8. The van der Waals surface area contributed by atoms with Crippen LogP contribution >= 0.6 is 0 Å². The summed E-state index contributed by atoms with van der Waals surface area (Å²) >= 11 is 0. The van der Waals surface area contributed by atoms with Gasteiger partial charge in [-0.2, -0.15) is 53.9 Å². The van der Waals surface area contributed by atoms with Gasteiger partial charge in [-0.05, 0) is 85.6 Å². The Labute approximate surface area is 462 Å². The molecule has 1 aromatic heterocycles. The van der Waals surface area contributed by atoms with Gasteiger partial charge >= 0.3 is 29.6 Å². The summed E-state index contributed by atoms with van der Waals surface area (Å²) in [4.78, 5) is 12.7. The molecule has 76 heavy (non-hydrogen) atoms. The smallest absolute Gasteiger partial charge is 0.492 e. The summed E-state index contributed by atoms with van der Waals surface area (Å²) < 4.78 is 134. The van der Waals surface area contributed by atoms with E-state index in [1.54, 1.807) is 50.2 Å². The van der Waals surface area contributed by atoms with Gasteiger partial charge in [0.05, 0.1) is 59.6 Å². The Bertz CT molecular complexity index is 3560. The number of azo groups is 2. The average molecular weight is 1130 g/mol. The number of aromatic nitrogens is 3. The molecule has 0 bridgehead atoms. The van der Waals surface area contributed by atoms with Crippen molar-refractivity contribution in [3.05, 3.63) is 127 Å². The number of fused-ring (bicyclic) bond motifs is 2. The Hall–Kier alpha value is -5.95. The summed E-state index contributed by atoms with van der Waals surface area (Å²) in [6.45, 7) is 3.95. The fraction of sp³-hybridized carbons (Fsp3) is 0.250. The van der Waals surface area contributed by atoms with Crippen molar-refractivity contribution in [2.24, 2.45) is 20.5 Å². The number of aliphatic hydroxyl groups excluding tert-OH is 1. The van der Waals surface area contributed by atoms with E-state index in [0.29, 0.717) is 34.3 Å². The van der Waals surface area contributed by atoms with Crippen molar-refractivity contribution < 1.29 is 94.5 Å². The van der Waals surface area contributed by atoms with Gasteiger partial charge in [0.25, 0.3) is 40.5 Å². The predicted octanol–water partition coefficient (Wildman–Crippen LogP) is 5.19. The summed E-state index contributed by atoms with van der Waals surface area (Å²) in [7, 11) is -13.3. The van der Waals surface area contributed by atoms with Crippen molar-refractivity contribution in [3.8, 4) is 11.5 Å². The fourth-order valence-electron chi connectivity index (χ4n) is 7.45. The Morgan fingerprint density at radius 3 is 1.26 bits per heavy atom. The van der Waals surface area contributed by atoms with Crippen LogP contribution in [0.25, 0.3) is 21.5 Å². The summed E-state index contributed by atoms with van der Waals surface area (Å²) in [5.41, 5.74) is 1.87. The maximum absolute atomic E-state index is 13.0. The third-order valence-corrected chi connectivity index (χ3v) is 16.1. The number of hydrogen-bond acceptors (Lipinski definition) is 23. The summed E-state index contributed by atoms with van der Waals surface area (Å²) in [6.07, 6.45) is 0.343. The topological polar surface area (TPSA) is 312 Å². The minimum atomic E-state index is -4.36. The van der Waals surface area contributed by atoms with E-state index in [0.717, 1.165) is 28.4 Å². The molecule has 0 aliphatic rings. The number of anilines is 1. The van der Waals surface area contributed by atoms with Crippen molar-refractivity contribution in [2.45, 2.75) is 46.3 Å². The van der Waals surface area contributed by atoms with Crippen molar-refractivity contribution in [2.75, 3.05) is 60.1 Å². The monoisotopic (exact) mass is 1130 g/mol. The Morgan fingerprint density at radius 1 is 0.500 bits per heavy atom. The SMILES string of the molecule is CCOc1cc(Cc2nc(Cc3ccc(N=Nc4cc(S(=O)(=O)OC)c5cccc(S(=O)(=O)OC)c5c4)c(OCC)c3)nc(NCCO)n2)ccc1N=Nc1cc(S(=O)(=O)OC)c2cccc(S(=O)(=O)OC)c2c1.[CH3-].[Na+]. The molecule has 7 rings (SSSR count). The maximum Gasteiger partial charge on any atom is 1.00 e. The molecule has 28 heteroatoms. The largest absolute Gasteiger partial charge is 1.00 e. The molecule has 2 N–H and O–H groups in total. The molecule has 0 saturated carbocycles. The summed E-state index contributed by atoms with van der Waals surface area (Å²) in [5, 5.41) is 30.0. The first-order valence-electron chi connectivity index (χ1n) is 22.1. The van der Waals surface area contributed by atoms with Gasteiger partial charge in [-0.25, -0.2) is 4.98 Å². The first kappa shape index (κ1) is 60.9. The van der Waals surface area contributed by atoms with Gasteiger partial charge in [-0.1, -0.05) is 36.4 Å². The molecule has 6 aromatic carbocycles. The number of hydrogen-bond donors (Lipinski definition) is 2. The predicted molar refractivity (Wildman–Crippen MR) is 276 cm³/mol. The molecule has 0 radical (unpaired) electrons. The molecule has 23 nitrogen and oxygen atoms in total. The minimum Gasteiger partial charge on any atom is -0.492 e. The zero-order chi connectivity index (χ0) is 53.4. The molecule has 0 aliphatic heterocycles. The molecular weight excluding hydrogens is 1080 g/mol. The van der Waals surface area contributed by atoms with Gasteiger partial charge in [0, 0.05) is 40.9 Å². The van der Waals surface area contributed by atoms with Crippen LogP contribution < -0.4 is 44.3 Å². The quantitative estimate of drug-likeness (QED) is 0.0360. The Morgan fingerprint density at radius 2 is 0.895 bits per heavy atom. The van der Waals surface area contributed by atoms with E-state index in [2.05, 4.69) is 35.7 Å². The van der Waals surface area contributed by atoms with Gasteiger partial charge < -0.3 is 27.3 Å². The van der Waals surface area contributed by atoms with Crippen molar-refractivity contribution >= 4 is 90.7 Å². The van der Waals surface area contributed by atoms with Crippen LogP contribution in [0, 0.1) is 7.43 Å². The van der Waals surface area contributed by atoms with Gasteiger partial charge in [-0.3, -0.25) is 16.7 Å².